The number of ether oxygens (including phenoxy) is 2. The van der Waals surface area contributed by atoms with Crippen LogP contribution < -0.4 is 16.0 Å². The van der Waals surface area contributed by atoms with Gasteiger partial charge < -0.3 is 25.4 Å². The number of hydrogen-bond acceptors (Lipinski definition) is 7. The summed E-state index contributed by atoms with van der Waals surface area (Å²) in [5, 5.41) is 8.26. The number of nitrogens with one attached hydrogen (secondary N) is 3. The van der Waals surface area contributed by atoms with Gasteiger partial charge in [-0.2, -0.15) is 0 Å². The SMILES string of the molecule is COC(=O)CC(NC(=O)OC(C)(C)C)C(=O)Nc1nc(Cl)ccc1Nc1ccccc1. The molecule has 0 radical (unpaired) electrons. The van der Waals surface area contributed by atoms with Crippen LogP contribution in [0.15, 0.2) is 42.5 Å². The number of methoxy groups -OCH3 is 1. The van der Waals surface area contributed by atoms with Crippen molar-refractivity contribution >= 4 is 46.8 Å². The molecule has 0 bridgehead atoms. The predicted octanol–water partition coefficient (Wildman–Crippen LogP) is 3.87. The number of halogens is 1. The number of para-hydroxylation sites is 1. The smallest absolute Gasteiger partial charge is 0.408 e. The summed E-state index contributed by atoms with van der Waals surface area (Å²) in [7, 11) is 1.19. The van der Waals surface area contributed by atoms with Crippen LogP contribution in [0.1, 0.15) is 27.2 Å². The number of carbonyl (C=O) groups excluding carboxylic acids is 3. The first-order valence-electron chi connectivity index (χ1n) is 9.43. The maximum Gasteiger partial charge on any atom is 0.408 e. The number of rotatable bonds is 7. The zero-order chi connectivity index (χ0) is 23.0. The Hall–Kier alpha value is -3.33. The Kier molecular flexibility index (Phi) is 8.21. The number of carbonyl (C=O) groups is 3. The molecule has 1 atom stereocenters. The molecular weight excluding hydrogens is 424 g/mol. The van der Waals surface area contributed by atoms with Gasteiger partial charge in [-0.3, -0.25) is 9.59 Å². The van der Waals surface area contributed by atoms with Crippen molar-refractivity contribution in [1.82, 2.24) is 10.3 Å². The lowest BCUT2D eigenvalue weighted by atomic mass is 10.2. The number of anilines is 3. The van der Waals surface area contributed by atoms with Gasteiger partial charge in [0.05, 0.1) is 19.2 Å². The summed E-state index contributed by atoms with van der Waals surface area (Å²) in [6.45, 7) is 5.04. The average Bonchev–Trinajstić information content (AvgIpc) is 2.68. The molecule has 166 valence electrons. The lowest BCUT2D eigenvalue weighted by molar-refractivity contribution is -0.142. The Labute approximate surface area is 185 Å². The van der Waals surface area contributed by atoms with Crippen LogP contribution in [0.3, 0.4) is 0 Å². The van der Waals surface area contributed by atoms with E-state index < -0.39 is 36.0 Å². The first-order valence-corrected chi connectivity index (χ1v) is 9.81. The van der Waals surface area contributed by atoms with E-state index in [9.17, 15) is 14.4 Å². The van der Waals surface area contributed by atoms with E-state index in [1.807, 2.05) is 30.3 Å². The van der Waals surface area contributed by atoms with Crippen molar-refractivity contribution in [3.05, 3.63) is 47.6 Å². The molecule has 2 amide bonds. The Balaban J connectivity index is 2.22. The van der Waals surface area contributed by atoms with Crippen molar-refractivity contribution in [1.29, 1.82) is 0 Å². The van der Waals surface area contributed by atoms with Gasteiger partial charge in [-0.15, -0.1) is 0 Å². The number of esters is 1. The minimum Gasteiger partial charge on any atom is -0.469 e. The van der Waals surface area contributed by atoms with Crippen molar-refractivity contribution in [3.63, 3.8) is 0 Å². The molecule has 1 unspecified atom stereocenters. The fourth-order valence-electron chi connectivity index (χ4n) is 2.42. The molecule has 0 saturated heterocycles. The average molecular weight is 449 g/mol. The zero-order valence-corrected chi connectivity index (χ0v) is 18.4. The molecule has 10 heteroatoms. The lowest BCUT2D eigenvalue weighted by Crippen LogP contribution is -2.47. The van der Waals surface area contributed by atoms with E-state index in [0.29, 0.717) is 5.69 Å². The fraction of sp³-hybridized carbons (Fsp3) is 0.333. The second-order valence-corrected chi connectivity index (χ2v) is 7.88. The van der Waals surface area contributed by atoms with Crippen molar-refractivity contribution in [3.8, 4) is 0 Å². The number of alkyl carbamates (subject to hydrolysis) is 1. The van der Waals surface area contributed by atoms with Crippen LogP contribution in [0.5, 0.6) is 0 Å². The van der Waals surface area contributed by atoms with E-state index >= 15 is 0 Å². The van der Waals surface area contributed by atoms with Crippen LogP contribution in [-0.2, 0) is 19.1 Å². The van der Waals surface area contributed by atoms with E-state index in [4.69, 9.17) is 16.3 Å². The van der Waals surface area contributed by atoms with Crippen molar-refractivity contribution in [2.24, 2.45) is 0 Å². The summed E-state index contributed by atoms with van der Waals surface area (Å²) < 4.78 is 9.80. The highest BCUT2D eigenvalue weighted by Gasteiger charge is 2.28. The summed E-state index contributed by atoms with van der Waals surface area (Å²) in [6.07, 6.45) is -1.25. The van der Waals surface area contributed by atoms with Crippen LogP contribution in [0.25, 0.3) is 0 Å². The summed E-state index contributed by atoms with van der Waals surface area (Å²) in [4.78, 5) is 40.9. The second-order valence-electron chi connectivity index (χ2n) is 7.49. The van der Waals surface area contributed by atoms with Crippen LogP contribution >= 0.6 is 11.6 Å². The third-order valence-corrected chi connectivity index (χ3v) is 3.97. The van der Waals surface area contributed by atoms with E-state index in [2.05, 4.69) is 25.7 Å². The molecule has 0 saturated carbocycles. The second kappa shape index (κ2) is 10.6. The molecule has 0 aliphatic carbocycles. The topological polar surface area (TPSA) is 119 Å². The quantitative estimate of drug-likeness (QED) is 0.434. The van der Waals surface area contributed by atoms with Crippen LogP contribution in [0.2, 0.25) is 5.15 Å². The maximum atomic E-state index is 12.9. The lowest BCUT2D eigenvalue weighted by Gasteiger charge is -2.23. The monoisotopic (exact) mass is 448 g/mol. The molecule has 1 aromatic heterocycles. The molecule has 0 fully saturated rings. The molecule has 0 aliphatic heterocycles. The summed E-state index contributed by atoms with van der Waals surface area (Å²) >= 11 is 5.99. The molecule has 3 N–H and O–H groups in total. The van der Waals surface area contributed by atoms with Gasteiger partial charge >= 0.3 is 12.1 Å². The molecule has 31 heavy (non-hydrogen) atoms. The van der Waals surface area contributed by atoms with Gasteiger partial charge in [0.2, 0.25) is 5.91 Å². The van der Waals surface area contributed by atoms with Gasteiger partial charge in [0.1, 0.15) is 16.8 Å². The Morgan fingerprint density at radius 1 is 1.10 bits per heavy atom. The van der Waals surface area contributed by atoms with E-state index in [1.54, 1.807) is 32.9 Å². The molecule has 2 rings (SSSR count). The van der Waals surface area contributed by atoms with Gasteiger partial charge in [0, 0.05) is 5.69 Å². The minimum atomic E-state index is -1.26. The molecule has 0 aliphatic rings. The van der Waals surface area contributed by atoms with Gasteiger partial charge in [0.25, 0.3) is 0 Å². The van der Waals surface area contributed by atoms with Gasteiger partial charge in [-0.25, -0.2) is 9.78 Å². The van der Waals surface area contributed by atoms with E-state index in [-0.39, 0.29) is 11.0 Å². The number of pyridine rings is 1. The Bertz CT molecular complexity index is 931. The molecule has 9 nitrogen and oxygen atoms in total. The van der Waals surface area contributed by atoms with Crippen LogP contribution in [0.4, 0.5) is 22.0 Å². The van der Waals surface area contributed by atoms with Gasteiger partial charge in [-0.1, -0.05) is 29.8 Å². The van der Waals surface area contributed by atoms with Crippen LogP contribution in [0, 0.1) is 0 Å². The summed E-state index contributed by atoms with van der Waals surface area (Å²) in [5.74, 6) is -1.25. The number of hydrogen-bond donors (Lipinski definition) is 3. The number of nitrogens with zero attached hydrogens (tertiary/aromatic N) is 1. The number of amides is 2. The van der Waals surface area contributed by atoms with Crippen molar-refractivity contribution in [2.75, 3.05) is 17.7 Å². The van der Waals surface area contributed by atoms with Gasteiger partial charge in [0.15, 0.2) is 5.82 Å². The highest BCUT2D eigenvalue weighted by atomic mass is 35.5. The summed E-state index contributed by atoms with van der Waals surface area (Å²) in [6, 6.07) is 11.2. The van der Waals surface area contributed by atoms with Gasteiger partial charge in [-0.05, 0) is 45.0 Å². The highest BCUT2D eigenvalue weighted by molar-refractivity contribution is 6.29. The third-order valence-electron chi connectivity index (χ3n) is 3.76. The zero-order valence-electron chi connectivity index (χ0n) is 17.7. The largest absolute Gasteiger partial charge is 0.469 e. The number of aromatic nitrogens is 1. The Morgan fingerprint density at radius 3 is 2.39 bits per heavy atom. The molecular formula is C21H25ClN4O5. The normalized spacial score (nSPS) is 11.8. The highest BCUT2D eigenvalue weighted by Crippen LogP contribution is 2.26. The predicted molar refractivity (Wildman–Crippen MR) is 117 cm³/mol. The van der Waals surface area contributed by atoms with E-state index in [0.717, 1.165) is 5.69 Å². The molecule has 2 aromatic rings. The first-order chi connectivity index (χ1) is 14.6. The summed E-state index contributed by atoms with van der Waals surface area (Å²) in [5.41, 5.74) is 0.454. The maximum absolute atomic E-state index is 12.9. The van der Waals surface area contributed by atoms with Crippen LogP contribution in [-0.4, -0.2) is 41.7 Å². The van der Waals surface area contributed by atoms with E-state index in [1.165, 1.54) is 7.11 Å². The standard InChI is InChI=1S/C21H25ClN4O5/c1-21(2,3)31-20(29)24-15(12-17(27)30-4)19(28)26-18-14(10-11-16(22)25-18)23-13-8-6-5-7-9-13/h5-11,15,23H,12H2,1-4H3,(H,24,29)(H,25,26,28). The minimum absolute atomic E-state index is 0.127. The fourth-order valence-corrected chi connectivity index (χ4v) is 2.57. The molecule has 0 spiro atoms. The number of benzene rings is 1. The van der Waals surface area contributed by atoms with Crippen molar-refractivity contribution < 1.29 is 23.9 Å². The Morgan fingerprint density at radius 2 is 1.77 bits per heavy atom. The molecule has 1 heterocycles. The molecule has 1 aromatic carbocycles. The van der Waals surface area contributed by atoms with Crippen molar-refractivity contribution in [2.45, 2.75) is 38.8 Å². The third kappa shape index (κ3) is 8.13. The first kappa shape index (κ1) is 23.9.